The number of unbranched alkanes of at least 4 members (excludes halogenated alkanes) is 1. The molecule has 0 radical (unpaired) electrons. The molecule has 6 nitrogen and oxygen atoms in total. The summed E-state index contributed by atoms with van der Waals surface area (Å²) >= 11 is 0. The van der Waals surface area contributed by atoms with Gasteiger partial charge >= 0.3 is 5.97 Å². The number of hydrogen-bond acceptors (Lipinski definition) is 4. The third-order valence-electron chi connectivity index (χ3n) is 6.30. The van der Waals surface area contributed by atoms with Crippen LogP contribution in [-0.2, 0) is 11.2 Å². The fraction of sp³-hybridized carbons (Fsp3) is 0.312. The van der Waals surface area contributed by atoms with Gasteiger partial charge in [0.2, 0.25) is 0 Å². The number of carbonyl (C=O) groups is 2. The van der Waals surface area contributed by atoms with Gasteiger partial charge in [0.05, 0.1) is 28.5 Å². The summed E-state index contributed by atoms with van der Waals surface area (Å²) in [6.45, 7) is 10.0. The van der Waals surface area contributed by atoms with Crippen molar-refractivity contribution < 1.29 is 14.7 Å². The average molecular weight is 512 g/mol. The minimum absolute atomic E-state index is 0.129. The Bertz CT molecular complexity index is 1380. The number of amides is 1. The molecule has 0 aliphatic carbocycles. The van der Waals surface area contributed by atoms with Crippen molar-refractivity contribution in [3.05, 3.63) is 94.7 Å². The number of carboxylic acids is 1. The van der Waals surface area contributed by atoms with Crippen molar-refractivity contribution in [2.45, 2.75) is 66.3 Å². The Morgan fingerprint density at radius 2 is 1.47 bits per heavy atom. The van der Waals surface area contributed by atoms with Gasteiger partial charge in [-0.2, -0.15) is 0 Å². The molecule has 4 aromatic rings. The number of carboxylic acid groups (broad SMARTS) is 1. The molecule has 1 unspecified atom stereocenters. The molecule has 0 fully saturated rings. The van der Waals surface area contributed by atoms with Gasteiger partial charge in [0.1, 0.15) is 0 Å². The van der Waals surface area contributed by atoms with Crippen molar-refractivity contribution in [2.24, 2.45) is 0 Å². The number of fused-ring (bicyclic) bond motifs is 1. The predicted octanol–water partition coefficient (Wildman–Crippen LogP) is 7.23. The molecule has 38 heavy (non-hydrogen) atoms. The zero-order valence-corrected chi connectivity index (χ0v) is 22.9. The Morgan fingerprint density at radius 1 is 0.842 bits per heavy atom. The number of carbonyl (C=O) groups excluding carboxylic acids is 1. The quantitative estimate of drug-likeness (QED) is 0.231. The van der Waals surface area contributed by atoms with Crippen molar-refractivity contribution in [1.82, 2.24) is 15.3 Å². The van der Waals surface area contributed by atoms with Gasteiger partial charge in [0.15, 0.2) is 0 Å². The van der Waals surface area contributed by atoms with Crippen LogP contribution in [0.4, 0.5) is 0 Å². The lowest BCUT2D eigenvalue weighted by Crippen LogP contribution is -2.26. The lowest BCUT2D eigenvalue weighted by molar-refractivity contribution is -0.137. The molecule has 6 heteroatoms. The lowest BCUT2D eigenvalue weighted by atomic mass is 10.0. The maximum Gasteiger partial charge on any atom is 0.303 e. The maximum absolute atomic E-state index is 13.0. The summed E-state index contributed by atoms with van der Waals surface area (Å²) < 4.78 is 0. The van der Waals surface area contributed by atoms with Gasteiger partial charge in [-0.05, 0) is 63.8 Å². The molecular formula is C32H37N3O3. The third kappa shape index (κ3) is 7.48. The first-order valence-corrected chi connectivity index (χ1v) is 13.3. The van der Waals surface area contributed by atoms with Crippen LogP contribution >= 0.6 is 0 Å². The van der Waals surface area contributed by atoms with E-state index in [9.17, 15) is 9.59 Å². The van der Waals surface area contributed by atoms with Crippen LogP contribution in [0.2, 0.25) is 0 Å². The fourth-order valence-corrected chi connectivity index (χ4v) is 4.14. The summed E-state index contributed by atoms with van der Waals surface area (Å²) in [5, 5.41) is 12.0. The Hall–Kier alpha value is -4.06. The molecule has 0 aliphatic heterocycles. The van der Waals surface area contributed by atoms with E-state index in [0.29, 0.717) is 35.9 Å². The number of benzene rings is 3. The highest BCUT2D eigenvalue weighted by Gasteiger charge is 2.15. The van der Waals surface area contributed by atoms with Gasteiger partial charge in [-0.15, -0.1) is 0 Å². The summed E-state index contributed by atoms with van der Waals surface area (Å²) in [5.74, 6) is -0.966. The number of nitrogens with zero attached hydrogens (tertiary/aromatic N) is 2. The highest BCUT2D eigenvalue weighted by molar-refractivity contribution is 5.97. The van der Waals surface area contributed by atoms with Gasteiger partial charge in [-0.25, -0.2) is 9.97 Å². The topological polar surface area (TPSA) is 92.2 Å². The standard InChI is InChI=1S/C30H31N3O3.C2H6/c1-19-8-12-22(13-9-19)21(3)31-30(36)24-16-17-25-27(18-24)32-26(6-4-5-7-28(34)35)29(33-25)23-14-10-20(2)11-15-23;1-2/h8-18,21H,4-7H2,1-3H3,(H,31,36)(H,34,35);1-2H3. The highest BCUT2D eigenvalue weighted by Crippen LogP contribution is 2.26. The predicted molar refractivity (Wildman–Crippen MR) is 153 cm³/mol. The maximum atomic E-state index is 13.0. The molecule has 3 aromatic carbocycles. The van der Waals surface area contributed by atoms with E-state index in [1.54, 1.807) is 12.1 Å². The summed E-state index contributed by atoms with van der Waals surface area (Å²) in [5.41, 5.74) is 7.83. The molecule has 0 saturated carbocycles. The van der Waals surface area contributed by atoms with Gasteiger partial charge in [0.25, 0.3) is 5.91 Å². The number of hydrogen-bond donors (Lipinski definition) is 2. The molecule has 198 valence electrons. The first-order chi connectivity index (χ1) is 18.3. The molecular weight excluding hydrogens is 474 g/mol. The van der Waals surface area contributed by atoms with Crippen molar-refractivity contribution in [2.75, 3.05) is 0 Å². The van der Waals surface area contributed by atoms with Crippen LogP contribution in [0, 0.1) is 13.8 Å². The van der Waals surface area contributed by atoms with Gasteiger partial charge in [-0.1, -0.05) is 73.5 Å². The van der Waals surface area contributed by atoms with E-state index in [-0.39, 0.29) is 18.4 Å². The van der Waals surface area contributed by atoms with Crippen molar-refractivity contribution in [3.63, 3.8) is 0 Å². The van der Waals surface area contributed by atoms with Gasteiger partial charge in [0, 0.05) is 17.5 Å². The van der Waals surface area contributed by atoms with E-state index >= 15 is 0 Å². The van der Waals surface area contributed by atoms with E-state index in [1.807, 2.05) is 89.2 Å². The number of rotatable bonds is 9. The van der Waals surface area contributed by atoms with E-state index < -0.39 is 5.97 Å². The summed E-state index contributed by atoms with van der Waals surface area (Å²) in [6.07, 6.45) is 2.01. The average Bonchev–Trinajstić information content (AvgIpc) is 2.92. The van der Waals surface area contributed by atoms with E-state index in [4.69, 9.17) is 15.1 Å². The van der Waals surface area contributed by atoms with Crippen LogP contribution in [0.5, 0.6) is 0 Å². The normalized spacial score (nSPS) is 11.4. The summed E-state index contributed by atoms with van der Waals surface area (Å²) in [7, 11) is 0. The van der Waals surface area contributed by atoms with E-state index in [2.05, 4.69) is 5.32 Å². The van der Waals surface area contributed by atoms with Crippen LogP contribution < -0.4 is 5.32 Å². The molecule has 1 amide bonds. The highest BCUT2D eigenvalue weighted by atomic mass is 16.4. The Kier molecular flexibility index (Phi) is 10.1. The molecule has 0 bridgehead atoms. The van der Waals surface area contributed by atoms with Crippen LogP contribution in [0.25, 0.3) is 22.3 Å². The number of nitrogens with one attached hydrogen (secondary N) is 1. The Morgan fingerprint density at radius 3 is 2.11 bits per heavy atom. The minimum Gasteiger partial charge on any atom is -0.481 e. The fourth-order valence-electron chi connectivity index (χ4n) is 4.14. The molecule has 2 N–H and O–H groups in total. The first-order valence-electron chi connectivity index (χ1n) is 13.3. The van der Waals surface area contributed by atoms with Crippen molar-refractivity contribution >= 4 is 22.9 Å². The van der Waals surface area contributed by atoms with Gasteiger partial charge in [-0.3, -0.25) is 9.59 Å². The van der Waals surface area contributed by atoms with Crippen LogP contribution in [0.3, 0.4) is 0 Å². The monoisotopic (exact) mass is 511 g/mol. The second-order valence-electron chi connectivity index (χ2n) is 9.30. The second kappa shape index (κ2) is 13.5. The third-order valence-corrected chi connectivity index (χ3v) is 6.30. The first kappa shape index (κ1) is 28.5. The van der Waals surface area contributed by atoms with Crippen molar-refractivity contribution in [3.8, 4) is 11.3 Å². The van der Waals surface area contributed by atoms with Crippen LogP contribution in [0.15, 0.2) is 66.7 Å². The van der Waals surface area contributed by atoms with Gasteiger partial charge < -0.3 is 10.4 Å². The lowest BCUT2D eigenvalue weighted by Gasteiger charge is -2.15. The van der Waals surface area contributed by atoms with Crippen molar-refractivity contribution in [1.29, 1.82) is 0 Å². The van der Waals surface area contributed by atoms with Crippen LogP contribution in [-0.4, -0.2) is 27.0 Å². The SMILES string of the molecule is CC.Cc1ccc(-c2nc3ccc(C(=O)NC(C)c4ccc(C)cc4)cc3nc2CCCCC(=O)O)cc1. The zero-order chi connectivity index (χ0) is 27.7. The van der Waals surface area contributed by atoms with Crippen LogP contribution in [0.1, 0.15) is 78.8 Å². The minimum atomic E-state index is -0.797. The Labute approximate surface area is 225 Å². The number of aryl methyl sites for hydroxylation is 3. The number of aromatic nitrogens is 2. The van der Waals surface area contributed by atoms with E-state index in [0.717, 1.165) is 28.1 Å². The summed E-state index contributed by atoms with van der Waals surface area (Å²) in [6, 6.07) is 21.5. The summed E-state index contributed by atoms with van der Waals surface area (Å²) in [4.78, 5) is 33.7. The molecule has 4 rings (SSSR count). The molecule has 1 aromatic heterocycles. The molecule has 1 heterocycles. The smallest absolute Gasteiger partial charge is 0.303 e. The Balaban J connectivity index is 0.00000195. The molecule has 0 saturated heterocycles. The zero-order valence-electron chi connectivity index (χ0n) is 22.9. The molecule has 1 atom stereocenters. The largest absolute Gasteiger partial charge is 0.481 e. The molecule has 0 aliphatic rings. The number of aliphatic carboxylic acids is 1. The molecule has 0 spiro atoms. The second-order valence-corrected chi connectivity index (χ2v) is 9.30. The van der Waals surface area contributed by atoms with E-state index in [1.165, 1.54) is 5.56 Å².